The highest BCUT2D eigenvalue weighted by atomic mass is 35.5. The third-order valence-corrected chi connectivity index (χ3v) is 2.77. The molecule has 1 aromatic heterocycles. The lowest BCUT2D eigenvalue weighted by Crippen LogP contribution is -2.03. The fourth-order valence-corrected chi connectivity index (χ4v) is 1.67. The van der Waals surface area contributed by atoms with Crippen molar-refractivity contribution in [1.82, 2.24) is 9.97 Å². The number of nitrogens with two attached hydrogens (primary N) is 1. The van der Waals surface area contributed by atoms with Gasteiger partial charge in [0.2, 0.25) is 0 Å². The van der Waals surface area contributed by atoms with Crippen LogP contribution in [0.4, 0.5) is 17.3 Å². The van der Waals surface area contributed by atoms with Crippen LogP contribution in [0.15, 0.2) is 24.5 Å². The Bertz CT molecular complexity index is 574. The maximum atomic E-state index is 5.96. The van der Waals surface area contributed by atoms with Gasteiger partial charge < -0.3 is 15.8 Å². The Hall–Kier alpha value is -2.01. The van der Waals surface area contributed by atoms with Gasteiger partial charge in [-0.05, 0) is 25.1 Å². The lowest BCUT2D eigenvalue weighted by molar-refractivity contribution is 0.417. The smallest absolute Gasteiger partial charge is 0.142 e. The summed E-state index contributed by atoms with van der Waals surface area (Å²) in [5.74, 6) is 1.74. The number of nitrogens with zero attached hydrogens (tertiary/aromatic N) is 2. The predicted molar refractivity (Wildman–Crippen MR) is 72.5 cm³/mol. The first-order valence-electron chi connectivity index (χ1n) is 5.29. The van der Waals surface area contributed by atoms with Crippen molar-refractivity contribution in [3.05, 3.63) is 35.1 Å². The van der Waals surface area contributed by atoms with Crippen molar-refractivity contribution >= 4 is 28.9 Å². The summed E-state index contributed by atoms with van der Waals surface area (Å²) in [5, 5.41) is 3.74. The molecule has 1 heterocycles. The Morgan fingerprint density at radius 2 is 2.11 bits per heavy atom. The molecular formula is C12H13ClN4O. The average molecular weight is 265 g/mol. The quantitative estimate of drug-likeness (QED) is 0.892. The molecule has 18 heavy (non-hydrogen) atoms. The Balaban J connectivity index is 2.39. The molecule has 0 aliphatic rings. The third-order valence-electron chi connectivity index (χ3n) is 2.54. The number of rotatable bonds is 3. The van der Waals surface area contributed by atoms with Gasteiger partial charge in [0.25, 0.3) is 0 Å². The van der Waals surface area contributed by atoms with Crippen molar-refractivity contribution in [3.63, 3.8) is 0 Å². The molecule has 0 aliphatic carbocycles. The lowest BCUT2D eigenvalue weighted by Gasteiger charge is -2.12. The first kappa shape index (κ1) is 12.4. The number of hydrogen-bond acceptors (Lipinski definition) is 5. The van der Waals surface area contributed by atoms with E-state index in [0.717, 1.165) is 11.3 Å². The molecular weight excluding hydrogens is 252 g/mol. The van der Waals surface area contributed by atoms with Crippen molar-refractivity contribution < 1.29 is 4.74 Å². The summed E-state index contributed by atoms with van der Waals surface area (Å²) < 4.78 is 5.25. The zero-order chi connectivity index (χ0) is 13.1. The van der Waals surface area contributed by atoms with E-state index in [4.69, 9.17) is 22.1 Å². The summed E-state index contributed by atoms with van der Waals surface area (Å²) in [5.41, 5.74) is 7.23. The van der Waals surface area contributed by atoms with E-state index in [0.29, 0.717) is 22.4 Å². The summed E-state index contributed by atoms with van der Waals surface area (Å²) in [6, 6.07) is 5.30. The molecule has 0 fully saturated rings. The zero-order valence-corrected chi connectivity index (χ0v) is 10.8. The molecule has 94 valence electrons. The van der Waals surface area contributed by atoms with Gasteiger partial charge in [-0.3, -0.25) is 0 Å². The summed E-state index contributed by atoms with van der Waals surface area (Å²) in [7, 11) is 1.59. The van der Waals surface area contributed by atoms with Gasteiger partial charge in [0.1, 0.15) is 23.7 Å². The molecule has 5 nitrogen and oxygen atoms in total. The van der Waals surface area contributed by atoms with Crippen molar-refractivity contribution in [2.45, 2.75) is 6.92 Å². The van der Waals surface area contributed by atoms with E-state index in [-0.39, 0.29) is 0 Å². The number of halogens is 1. The zero-order valence-electron chi connectivity index (χ0n) is 10.1. The molecule has 0 unspecified atom stereocenters. The molecule has 0 saturated carbocycles. The van der Waals surface area contributed by atoms with Gasteiger partial charge >= 0.3 is 0 Å². The number of anilines is 3. The van der Waals surface area contributed by atoms with Gasteiger partial charge in [-0.2, -0.15) is 0 Å². The highest BCUT2D eigenvalue weighted by molar-refractivity contribution is 6.31. The van der Waals surface area contributed by atoms with Gasteiger partial charge in [0.15, 0.2) is 0 Å². The van der Waals surface area contributed by atoms with Crippen LogP contribution < -0.4 is 15.8 Å². The minimum atomic E-state index is 0.438. The summed E-state index contributed by atoms with van der Waals surface area (Å²) >= 11 is 5.96. The van der Waals surface area contributed by atoms with Crippen LogP contribution in [0, 0.1) is 6.92 Å². The largest absolute Gasteiger partial charge is 0.495 e. The van der Waals surface area contributed by atoms with Gasteiger partial charge in [0.05, 0.1) is 12.8 Å². The van der Waals surface area contributed by atoms with Crippen molar-refractivity contribution in [3.8, 4) is 5.75 Å². The minimum absolute atomic E-state index is 0.438. The van der Waals surface area contributed by atoms with E-state index < -0.39 is 0 Å². The second-order valence-corrected chi connectivity index (χ2v) is 4.14. The van der Waals surface area contributed by atoms with Crippen LogP contribution in [0.25, 0.3) is 0 Å². The molecule has 0 spiro atoms. The molecule has 0 bridgehead atoms. The number of nitrogen functional groups attached to an aromatic ring is 1. The standard InChI is InChI=1S/C12H13ClN4O/c1-7-11(14)15-6-16-12(7)17-9-5-8(13)3-4-10(9)18-2/h3-6H,1-2H3,(H3,14,15,16,17). The molecule has 2 rings (SSSR count). The van der Waals surface area contributed by atoms with E-state index in [1.165, 1.54) is 6.33 Å². The van der Waals surface area contributed by atoms with Crippen molar-refractivity contribution in [2.24, 2.45) is 0 Å². The van der Waals surface area contributed by atoms with Crippen LogP contribution in [0.1, 0.15) is 5.56 Å². The maximum Gasteiger partial charge on any atom is 0.142 e. The van der Waals surface area contributed by atoms with Crippen molar-refractivity contribution in [1.29, 1.82) is 0 Å². The monoisotopic (exact) mass is 264 g/mol. The normalized spacial score (nSPS) is 10.2. The van der Waals surface area contributed by atoms with Crippen LogP contribution in [0.5, 0.6) is 5.75 Å². The molecule has 0 aliphatic heterocycles. The first-order valence-corrected chi connectivity index (χ1v) is 5.67. The van der Waals surface area contributed by atoms with Crippen LogP contribution in [-0.4, -0.2) is 17.1 Å². The number of ether oxygens (including phenoxy) is 1. The van der Waals surface area contributed by atoms with Crippen LogP contribution in [0.3, 0.4) is 0 Å². The van der Waals surface area contributed by atoms with Gasteiger partial charge in [-0.15, -0.1) is 0 Å². The number of aromatic nitrogens is 2. The lowest BCUT2D eigenvalue weighted by atomic mass is 10.2. The van der Waals surface area contributed by atoms with Gasteiger partial charge in [-0.25, -0.2) is 9.97 Å². The fourth-order valence-electron chi connectivity index (χ4n) is 1.50. The minimum Gasteiger partial charge on any atom is -0.495 e. The Labute approximate surface area is 110 Å². The third kappa shape index (κ3) is 2.46. The van der Waals surface area contributed by atoms with Crippen molar-refractivity contribution in [2.75, 3.05) is 18.2 Å². The molecule has 0 atom stereocenters. The first-order chi connectivity index (χ1) is 8.61. The summed E-state index contributed by atoms with van der Waals surface area (Å²) in [6.45, 7) is 1.84. The number of benzene rings is 1. The number of hydrogen-bond donors (Lipinski definition) is 2. The Morgan fingerprint density at radius 1 is 1.33 bits per heavy atom. The SMILES string of the molecule is COc1ccc(Cl)cc1Nc1ncnc(N)c1C. The van der Waals surface area contributed by atoms with E-state index in [1.807, 2.05) is 6.92 Å². The molecule has 0 amide bonds. The van der Waals surface area contributed by atoms with Crippen LogP contribution in [-0.2, 0) is 0 Å². The van der Waals surface area contributed by atoms with Gasteiger partial charge in [0, 0.05) is 10.6 Å². The topological polar surface area (TPSA) is 73.1 Å². The predicted octanol–water partition coefficient (Wildman–Crippen LogP) is 2.77. The van der Waals surface area contributed by atoms with Crippen LogP contribution in [0.2, 0.25) is 5.02 Å². The maximum absolute atomic E-state index is 5.96. The molecule has 0 saturated heterocycles. The second-order valence-electron chi connectivity index (χ2n) is 3.70. The van der Waals surface area contributed by atoms with E-state index in [9.17, 15) is 0 Å². The summed E-state index contributed by atoms with van der Waals surface area (Å²) in [6.07, 6.45) is 1.40. The Kier molecular flexibility index (Phi) is 3.53. The van der Waals surface area contributed by atoms with Gasteiger partial charge in [-0.1, -0.05) is 11.6 Å². The Morgan fingerprint density at radius 3 is 2.83 bits per heavy atom. The number of nitrogens with one attached hydrogen (secondary N) is 1. The fraction of sp³-hybridized carbons (Fsp3) is 0.167. The molecule has 3 N–H and O–H groups in total. The molecule has 1 aromatic carbocycles. The number of methoxy groups -OCH3 is 1. The highest BCUT2D eigenvalue weighted by Crippen LogP contribution is 2.31. The molecule has 6 heteroatoms. The van der Waals surface area contributed by atoms with Crippen LogP contribution >= 0.6 is 11.6 Å². The van der Waals surface area contributed by atoms with E-state index in [2.05, 4.69) is 15.3 Å². The molecule has 0 radical (unpaired) electrons. The molecule has 2 aromatic rings. The van der Waals surface area contributed by atoms with E-state index in [1.54, 1.807) is 25.3 Å². The summed E-state index contributed by atoms with van der Waals surface area (Å²) in [4.78, 5) is 8.05. The highest BCUT2D eigenvalue weighted by Gasteiger charge is 2.08. The second kappa shape index (κ2) is 5.10. The average Bonchev–Trinajstić information content (AvgIpc) is 2.35. The van der Waals surface area contributed by atoms with E-state index >= 15 is 0 Å².